The van der Waals surface area contributed by atoms with Gasteiger partial charge in [0.1, 0.15) is 0 Å². The van der Waals surface area contributed by atoms with E-state index in [2.05, 4.69) is 29.3 Å². The topological polar surface area (TPSA) is 75.4 Å². The van der Waals surface area contributed by atoms with E-state index >= 15 is 0 Å². The van der Waals surface area contributed by atoms with Crippen molar-refractivity contribution in [2.45, 2.75) is 38.6 Å². The Morgan fingerprint density at radius 3 is 2.61 bits per heavy atom. The lowest BCUT2D eigenvalue weighted by molar-refractivity contribution is -0.116. The summed E-state index contributed by atoms with van der Waals surface area (Å²) in [6.45, 7) is 3.81. The van der Waals surface area contributed by atoms with E-state index in [-0.39, 0.29) is 5.91 Å². The van der Waals surface area contributed by atoms with Crippen LogP contribution in [0.25, 0.3) is 0 Å². The fourth-order valence-corrected chi connectivity index (χ4v) is 2.84. The molecule has 0 aromatic heterocycles. The third-order valence-corrected chi connectivity index (χ3v) is 4.18. The highest BCUT2D eigenvalue weighted by molar-refractivity contribution is 5.94. The van der Waals surface area contributed by atoms with Crippen molar-refractivity contribution in [1.82, 2.24) is 4.90 Å². The maximum atomic E-state index is 12.1. The average molecular weight is 315 g/mol. The van der Waals surface area contributed by atoms with E-state index in [4.69, 9.17) is 5.73 Å². The number of carbonyl (C=O) groups is 2. The van der Waals surface area contributed by atoms with Crippen LogP contribution in [0.3, 0.4) is 0 Å². The van der Waals surface area contributed by atoms with Gasteiger partial charge in [-0.25, -0.2) is 0 Å². The molecule has 1 atom stereocenters. The summed E-state index contributed by atoms with van der Waals surface area (Å²) in [6, 6.07) is 7.07. The lowest BCUT2D eigenvalue weighted by atomic mass is 10.0. The lowest BCUT2D eigenvalue weighted by Crippen LogP contribution is -2.36. The van der Waals surface area contributed by atoms with E-state index in [0.29, 0.717) is 23.7 Å². The first kappa shape index (κ1) is 17.2. The molecule has 1 aromatic carbocycles. The molecule has 5 nitrogen and oxygen atoms in total. The summed E-state index contributed by atoms with van der Waals surface area (Å²) < 4.78 is 0. The number of benzene rings is 1. The first-order valence-electron chi connectivity index (χ1n) is 8.20. The van der Waals surface area contributed by atoms with Crippen molar-refractivity contribution in [3.05, 3.63) is 42.0 Å². The Bertz CT molecular complexity index is 566. The Kier molecular flexibility index (Phi) is 6.35. The maximum Gasteiger partial charge on any atom is 0.248 e. The molecule has 1 unspecified atom stereocenters. The van der Waals surface area contributed by atoms with Crippen molar-refractivity contribution in [1.29, 1.82) is 0 Å². The summed E-state index contributed by atoms with van der Waals surface area (Å²) in [5, 5.41) is 2.85. The fourth-order valence-electron chi connectivity index (χ4n) is 2.84. The lowest BCUT2D eigenvalue weighted by Gasteiger charge is -2.30. The molecule has 124 valence electrons. The van der Waals surface area contributed by atoms with Crippen LogP contribution in [0.1, 0.15) is 43.0 Å². The summed E-state index contributed by atoms with van der Waals surface area (Å²) in [5.74, 6) is -0.489. The highest BCUT2D eigenvalue weighted by Crippen LogP contribution is 2.17. The Balaban J connectivity index is 1.82. The Morgan fingerprint density at radius 1 is 1.30 bits per heavy atom. The zero-order chi connectivity index (χ0) is 16.7. The van der Waals surface area contributed by atoms with Gasteiger partial charge in [-0.2, -0.15) is 0 Å². The molecule has 0 saturated heterocycles. The number of primary amides is 1. The van der Waals surface area contributed by atoms with Crippen molar-refractivity contribution in [2.75, 3.05) is 18.4 Å². The van der Waals surface area contributed by atoms with Gasteiger partial charge in [-0.1, -0.05) is 19.1 Å². The van der Waals surface area contributed by atoms with Crippen molar-refractivity contribution in [3.8, 4) is 0 Å². The molecular formula is C18H25N3O2. The van der Waals surface area contributed by atoms with Crippen LogP contribution >= 0.6 is 0 Å². The second-order valence-corrected chi connectivity index (χ2v) is 5.79. The Hall–Kier alpha value is -2.14. The third kappa shape index (κ3) is 5.21. The van der Waals surface area contributed by atoms with E-state index in [1.165, 1.54) is 12.8 Å². The molecule has 0 aliphatic heterocycles. The quantitative estimate of drug-likeness (QED) is 0.759. The van der Waals surface area contributed by atoms with Gasteiger partial charge in [-0.05, 0) is 50.1 Å². The number of hydrogen-bond donors (Lipinski definition) is 2. The molecule has 1 aromatic rings. The molecule has 1 aliphatic carbocycles. The summed E-state index contributed by atoms with van der Waals surface area (Å²) >= 11 is 0. The molecule has 0 heterocycles. The maximum absolute atomic E-state index is 12.1. The summed E-state index contributed by atoms with van der Waals surface area (Å²) in [6.07, 6.45) is 8.49. The smallest absolute Gasteiger partial charge is 0.248 e. The van der Waals surface area contributed by atoms with Crippen molar-refractivity contribution in [3.63, 3.8) is 0 Å². The molecule has 0 radical (unpaired) electrons. The fraction of sp³-hybridized carbons (Fsp3) is 0.444. The number of nitrogens with two attached hydrogens (primary N) is 1. The zero-order valence-electron chi connectivity index (χ0n) is 13.6. The molecular weight excluding hydrogens is 290 g/mol. The molecule has 5 heteroatoms. The first-order chi connectivity index (χ1) is 11.1. The summed E-state index contributed by atoms with van der Waals surface area (Å²) in [5.41, 5.74) is 6.31. The number of hydrogen-bond acceptors (Lipinski definition) is 3. The molecule has 1 aliphatic rings. The monoisotopic (exact) mass is 315 g/mol. The van der Waals surface area contributed by atoms with Gasteiger partial charge in [-0.3, -0.25) is 14.5 Å². The number of amides is 2. The Labute approximate surface area is 137 Å². The number of anilines is 1. The minimum absolute atomic E-state index is 0.0185. The number of allylic oxidation sites excluding steroid dienone is 1. The first-order valence-corrected chi connectivity index (χ1v) is 8.20. The van der Waals surface area contributed by atoms with Crippen LogP contribution in [0.15, 0.2) is 36.4 Å². The molecule has 0 spiro atoms. The number of nitrogens with zero attached hydrogens (tertiary/aromatic N) is 1. The van der Waals surface area contributed by atoms with Crippen LogP contribution in [-0.2, 0) is 4.79 Å². The van der Waals surface area contributed by atoms with Gasteiger partial charge in [0, 0.05) is 30.3 Å². The molecule has 0 saturated carbocycles. The van der Waals surface area contributed by atoms with E-state index in [1.807, 2.05) is 0 Å². The Morgan fingerprint density at radius 2 is 2.04 bits per heavy atom. The van der Waals surface area contributed by atoms with Crippen LogP contribution < -0.4 is 11.1 Å². The summed E-state index contributed by atoms with van der Waals surface area (Å²) in [7, 11) is 0. The van der Waals surface area contributed by atoms with Crippen molar-refractivity contribution >= 4 is 17.5 Å². The van der Waals surface area contributed by atoms with Gasteiger partial charge >= 0.3 is 0 Å². The van der Waals surface area contributed by atoms with E-state index in [9.17, 15) is 9.59 Å². The number of carbonyl (C=O) groups excluding carboxylic acids is 2. The SMILES string of the molecule is CCN(CCC(=O)Nc1ccc(C(N)=O)cc1)C1C=CCCC1. The number of likely N-dealkylation sites (N-methyl/N-ethyl adjacent to an activating group) is 1. The van der Waals surface area contributed by atoms with Gasteiger partial charge in [0.05, 0.1) is 0 Å². The van der Waals surface area contributed by atoms with Gasteiger partial charge < -0.3 is 11.1 Å². The largest absolute Gasteiger partial charge is 0.366 e. The van der Waals surface area contributed by atoms with Gasteiger partial charge in [0.15, 0.2) is 0 Å². The van der Waals surface area contributed by atoms with Gasteiger partial charge in [0.25, 0.3) is 0 Å². The zero-order valence-corrected chi connectivity index (χ0v) is 13.6. The van der Waals surface area contributed by atoms with E-state index in [0.717, 1.165) is 19.5 Å². The van der Waals surface area contributed by atoms with Crippen molar-refractivity contribution < 1.29 is 9.59 Å². The van der Waals surface area contributed by atoms with Crippen molar-refractivity contribution in [2.24, 2.45) is 5.73 Å². The predicted octanol–water partition coefficient (Wildman–Crippen LogP) is 2.54. The minimum atomic E-state index is -0.470. The predicted molar refractivity (Wildman–Crippen MR) is 92.2 cm³/mol. The average Bonchev–Trinajstić information content (AvgIpc) is 2.57. The van der Waals surface area contributed by atoms with Crippen LogP contribution in [-0.4, -0.2) is 35.8 Å². The molecule has 0 bridgehead atoms. The second kappa shape index (κ2) is 8.48. The van der Waals surface area contributed by atoms with Crippen LogP contribution in [0.5, 0.6) is 0 Å². The molecule has 2 amide bonds. The highest BCUT2D eigenvalue weighted by Gasteiger charge is 2.17. The van der Waals surface area contributed by atoms with Crippen LogP contribution in [0, 0.1) is 0 Å². The molecule has 3 N–H and O–H groups in total. The van der Waals surface area contributed by atoms with E-state index in [1.54, 1.807) is 24.3 Å². The molecule has 0 fully saturated rings. The highest BCUT2D eigenvalue weighted by atomic mass is 16.2. The standard InChI is InChI=1S/C18H25N3O2/c1-2-21(16-6-4-3-5-7-16)13-12-17(22)20-15-10-8-14(9-11-15)18(19)23/h4,6,8-11,16H,2-3,5,7,12-13H2,1H3,(H2,19,23)(H,20,22). The third-order valence-electron chi connectivity index (χ3n) is 4.18. The van der Waals surface area contributed by atoms with Gasteiger partial charge in [-0.15, -0.1) is 0 Å². The number of rotatable bonds is 7. The van der Waals surface area contributed by atoms with E-state index < -0.39 is 5.91 Å². The summed E-state index contributed by atoms with van der Waals surface area (Å²) in [4.78, 5) is 25.4. The van der Waals surface area contributed by atoms with Crippen LogP contribution in [0.4, 0.5) is 5.69 Å². The second-order valence-electron chi connectivity index (χ2n) is 5.79. The minimum Gasteiger partial charge on any atom is -0.366 e. The molecule has 2 rings (SSSR count). The normalized spacial score (nSPS) is 17.2. The number of nitrogens with one attached hydrogen (secondary N) is 1. The van der Waals surface area contributed by atoms with Gasteiger partial charge in [0.2, 0.25) is 11.8 Å². The van der Waals surface area contributed by atoms with Crippen LogP contribution in [0.2, 0.25) is 0 Å². The molecule has 23 heavy (non-hydrogen) atoms.